The first-order valence-corrected chi connectivity index (χ1v) is 4.29. The molecule has 0 bridgehead atoms. The first-order chi connectivity index (χ1) is 5.31. The summed E-state index contributed by atoms with van der Waals surface area (Å²) in [6, 6.07) is 0. The van der Waals surface area contributed by atoms with Gasteiger partial charge in [-0.2, -0.15) is 0 Å². The van der Waals surface area contributed by atoms with Gasteiger partial charge in [-0.3, -0.25) is 0 Å². The molecule has 11 heavy (non-hydrogen) atoms. The molecule has 0 unspecified atom stereocenters. The lowest BCUT2D eigenvalue weighted by Crippen LogP contribution is -1.98. The van der Waals surface area contributed by atoms with Gasteiger partial charge in [-0.25, -0.2) is 4.79 Å². The maximum atomic E-state index is 9.67. The lowest BCUT2D eigenvalue weighted by atomic mass is 10.2. The summed E-state index contributed by atoms with van der Waals surface area (Å²) in [7, 11) is 0. The first-order valence-electron chi connectivity index (χ1n) is 3.88. The smallest absolute Gasteiger partial charge is 0.411 e. The Morgan fingerprint density at radius 1 is 1.45 bits per heavy atom. The van der Waals surface area contributed by atoms with Crippen LogP contribution in [0, 0.1) is 0 Å². The van der Waals surface area contributed by atoms with Crippen LogP contribution in [-0.2, 0) is 9.53 Å². The summed E-state index contributed by atoms with van der Waals surface area (Å²) in [5.74, 6) is 0. The molecule has 0 amide bonds. The molecule has 0 fully saturated rings. The Kier molecular flexibility index (Phi) is 7.36. The van der Waals surface area contributed by atoms with E-state index < -0.39 is 0 Å². The number of ether oxygens (including phenoxy) is 1. The van der Waals surface area contributed by atoms with E-state index in [1.165, 1.54) is 19.3 Å². The standard InChI is InChI=1S/C8H13O2S/c1-2-3-4-5-6-8(11)10-7-9/h2-6H2,1H3. The van der Waals surface area contributed by atoms with Crippen LogP contribution in [0.3, 0.4) is 0 Å². The van der Waals surface area contributed by atoms with Crippen molar-refractivity contribution in [1.82, 2.24) is 0 Å². The third-order valence-electron chi connectivity index (χ3n) is 1.39. The van der Waals surface area contributed by atoms with Gasteiger partial charge in [0.2, 0.25) is 0 Å². The summed E-state index contributed by atoms with van der Waals surface area (Å²) in [6.07, 6.45) is 5.28. The summed E-state index contributed by atoms with van der Waals surface area (Å²) in [4.78, 5) is 9.67. The average molecular weight is 173 g/mol. The van der Waals surface area contributed by atoms with Crippen molar-refractivity contribution in [3.63, 3.8) is 0 Å². The Balaban J connectivity index is 3.10. The second-order valence-electron chi connectivity index (χ2n) is 2.37. The van der Waals surface area contributed by atoms with E-state index in [0.717, 1.165) is 12.8 Å². The molecule has 0 aliphatic carbocycles. The van der Waals surface area contributed by atoms with E-state index in [4.69, 9.17) is 12.2 Å². The highest BCUT2D eigenvalue weighted by atomic mass is 32.1. The fourth-order valence-electron chi connectivity index (χ4n) is 0.794. The molecule has 0 aromatic carbocycles. The minimum atomic E-state index is 0.358. The number of hydrogen-bond acceptors (Lipinski definition) is 3. The molecule has 0 aliphatic heterocycles. The van der Waals surface area contributed by atoms with E-state index in [9.17, 15) is 4.79 Å². The van der Waals surface area contributed by atoms with Gasteiger partial charge in [-0.05, 0) is 18.6 Å². The van der Waals surface area contributed by atoms with Crippen molar-refractivity contribution < 1.29 is 9.53 Å². The van der Waals surface area contributed by atoms with Crippen LogP contribution in [0.4, 0.5) is 0 Å². The van der Waals surface area contributed by atoms with Gasteiger partial charge in [0.05, 0.1) is 0 Å². The van der Waals surface area contributed by atoms with Gasteiger partial charge in [-0.1, -0.05) is 26.2 Å². The maximum Gasteiger partial charge on any atom is 0.423 e. The third-order valence-corrected chi connectivity index (χ3v) is 1.68. The minimum Gasteiger partial charge on any atom is -0.411 e. The molecule has 63 valence electrons. The van der Waals surface area contributed by atoms with Crippen LogP contribution < -0.4 is 0 Å². The quantitative estimate of drug-likeness (QED) is 0.455. The number of carbonyl (C=O) groups excluding carboxylic acids is 1. The van der Waals surface area contributed by atoms with Crippen molar-refractivity contribution in [2.75, 3.05) is 0 Å². The van der Waals surface area contributed by atoms with E-state index in [1.807, 2.05) is 0 Å². The molecule has 0 spiro atoms. The van der Waals surface area contributed by atoms with Crippen molar-refractivity contribution >= 4 is 23.7 Å². The lowest BCUT2D eigenvalue weighted by Gasteiger charge is -1.98. The zero-order valence-electron chi connectivity index (χ0n) is 6.76. The molecular weight excluding hydrogens is 160 g/mol. The van der Waals surface area contributed by atoms with Gasteiger partial charge < -0.3 is 4.74 Å². The Labute approximate surface area is 72.9 Å². The van der Waals surface area contributed by atoms with E-state index in [2.05, 4.69) is 11.7 Å². The second kappa shape index (κ2) is 7.66. The van der Waals surface area contributed by atoms with Crippen LogP contribution in [0.25, 0.3) is 0 Å². The normalized spacial score (nSPS) is 9.18. The molecule has 2 nitrogen and oxygen atoms in total. The first kappa shape index (κ1) is 10.6. The van der Waals surface area contributed by atoms with E-state index in [-0.39, 0.29) is 0 Å². The highest BCUT2D eigenvalue weighted by Gasteiger charge is 1.96. The fraction of sp³-hybridized carbons (Fsp3) is 0.750. The van der Waals surface area contributed by atoms with Crippen LogP contribution in [0.15, 0.2) is 0 Å². The van der Waals surface area contributed by atoms with Crippen molar-refractivity contribution in [1.29, 1.82) is 0 Å². The predicted octanol–water partition coefficient (Wildman–Crippen LogP) is 2.37. The highest BCUT2D eigenvalue weighted by molar-refractivity contribution is 7.80. The molecule has 1 radical (unpaired) electrons. The average Bonchev–Trinajstić information content (AvgIpc) is 1.99. The van der Waals surface area contributed by atoms with Crippen LogP contribution in [0.1, 0.15) is 39.0 Å². The number of thiocarbonyl (C=S) groups is 1. The SMILES string of the molecule is CCCCCCC(=S)O[C]=O. The largest absolute Gasteiger partial charge is 0.423 e. The van der Waals surface area contributed by atoms with E-state index in [0.29, 0.717) is 11.5 Å². The van der Waals surface area contributed by atoms with Gasteiger partial charge >= 0.3 is 6.47 Å². The summed E-state index contributed by atoms with van der Waals surface area (Å²) in [6.45, 7) is 3.46. The van der Waals surface area contributed by atoms with Crippen LogP contribution >= 0.6 is 12.2 Å². The number of unbranched alkanes of at least 4 members (excludes halogenated alkanes) is 3. The van der Waals surface area contributed by atoms with Gasteiger partial charge in [0.15, 0.2) is 5.05 Å². The van der Waals surface area contributed by atoms with Crippen molar-refractivity contribution in [3.05, 3.63) is 0 Å². The third kappa shape index (κ3) is 7.46. The zero-order chi connectivity index (χ0) is 8.53. The second-order valence-corrected chi connectivity index (χ2v) is 2.82. The van der Waals surface area contributed by atoms with Crippen molar-refractivity contribution in [2.24, 2.45) is 0 Å². The number of hydrogen-bond donors (Lipinski definition) is 0. The number of rotatable bonds is 6. The fourth-order valence-corrected chi connectivity index (χ4v) is 0.972. The summed E-state index contributed by atoms with van der Waals surface area (Å²) < 4.78 is 4.35. The molecule has 0 aromatic rings. The van der Waals surface area contributed by atoms with Gasteiger partial charge in [0.25, 0.3) is 0 Å². The van der Waals surface area contributed by atoms with Crippen molar-refractivity contribution in [3.8, 4) is 0 Å². The molecule has 0 heterocycles. The van der Waals surface area contributed by atoms with Crippen LogP contribution in [-0.4, -0.2) is 11.5 Å². The van der Waals surface area contributed by atoms with Crippen molar-refractivity contribution in [2.45, 2.75) is 39.0 Å². The Bertz CT molecular complexity index is 123. The maximum absolute atomic E-state index is 9.67. The molecule has 0 atom stereocenters. The topological polar surface area (TPSA) is 26.3 Å². The van der Waals surface area contributed by atoms with Crippen LogP contribution in [0.5, 0.6) is 0 Å². The lowest BCUT2D eigenvalue weighted by molar-refractivity contribution is 0.434. The summed E-state index contributed by atoms with van der Waals surface area (Å²) in [5, 5.41) is 0.358. The Morgan fingerprint density at radius 2 is 2.18 bits per heavy atom. The Hall–Kier alpha value is -0.440. The monoisotopic (exact) mass is 173 g/mol. The summed E-state index contributed by atoms with van der Waals surface area (Å²) >= 11 is 4.72. The van der Waals surface area contributed by atoms with Gasteiger partial charge in [0.1, 0.15) is 0 Å². The molecule has 0 rings (SSSR count). The predicted molar refractivity (Wildman–Crippen MR) is 48.1 cm³/mol. The van der Waals surface area contributed by atoms with Gasteiger partial charge in [0, 0.05) is 6.42 Å². The molecule has 0 N–H and O–H groups in total. The zero-order valence-corrected chi connectivity index (χ0v) is 7.58. The highest BCUT2D eigenvalue weighted by Crippen LogP contribution is 2.03. The van der Waals surface area contributed by atoms with Crippen LogP contribution in [0.2, 0.25) is 0 Å². The summed E-state index contributed by atoms with van der Waals surface area (Å²) in [5.41, 5.74) is 0. The molecule has 0 saturated heterocycles. The minimum absolute atomic E-state index is 0.358. The van der Waals surface area contributed by atoms with E-state index in [1.54, 1.807) is 0 Å². The molecular formula is C8H13O2S. The van der Waals surface area contributed by atoms with Gasteiger partial charge in [-0.15, -0.1) is 0 Å². The Morgan fingerprint density at radius 3 is 2.73 bits per heavy atom. The molecule has 3 heteroatoms. The molecule has 0 aliphatic rings. The van der Waals surface area contributed by atoms with E-state index >= 15 is 0 Å². The molecule has 0 saturated carbocycles. The molecule has 0 aromatic heterocycles.